The molecule has 0 atom stereocenters. The molecule has 0 aliphatic carbocycles. The zero-order valence-electron chi connectivity index (χ0n) is 9.17. The molecule has 0 aromatic rings. The quantitative estimate of drug-likeness (QED) is 0.138. The number of hydrogen-bond acceptors (Lipinski definition) is 14. The summed E-state index contributed by atoms with van der Waals surface area (Å²) in [6, 6.07) is 0. The second-order valence-electron chi connectivity index (χ2n) is 4.56. The summed E-state index contributed by atoms with van der Waals surface area (Å²) >= 11 is -10.1. The summed E-state index contributed by atoms with van der Waals surface area (Å²) in [6.45, 7) is 0. The zero-order valence-corrected chi connectivity index (χ0v) is 10.9. The van der Waals surface area contributed by atoms with E-state index in [1.807, 2.05) is 0 Å². The van der Waals surface area contributed by atoms with E-state index in [-0.39, 0.29) is 0 Å². The average molecular weight is 377 g/mol. The Hall–Kier alpha value is -0.0405. The van der Waals surface area contributed by atoms with Crippen LogP contribution in [0.2, 0.25) is 0 Å². The molecule has 1 fully saturated rings. The molecule has 14 nitrogen and oxygen atoms in total. The normalized spacial score (nSPS) is 40.5. The molecular formula is C5H14O14Se. The van der Waals surface area contributed by atoms with E-state index >= 15 is 0 Å². The van der Waals surface area contributed by atoms with E-state index in [0.717, 1.165) is 0 Å². The van der Waals surface area contributed by atoms with Crippen molar-refractivity contribution in [1.82, 2.24) is 0 Å². The van der Waals surface area contributed by atoms with Crippen molar-refractivity contribution in [3.05, 3.63) is 0 Å². The Balaban J connectivity index is 4.07. The van der Waals surface area contributed by atoms with Gasteiger partial charge in [-0.25, -0.2) is 0 Å². The Morgan fingerprint density at radius 3 is 0.800 bits per heavy atom. The van der Waals surface area contributed by atoms with Crippen LogP contribution in [-0.2, 0) is 0 Å². The van der Waals surface area contributed by atoms with Gasteiger partial charge in [-0.15, -0.1) is 0 Å². The van der Waals surface area contributed by atoms with E-state index in [0.29, 0.717) is 0 Å². The summed E-state index contributed by atoms with van der Waals surface area (Å²) in [5, 5.41) is 90.9. The number of hydrogen-bond donors (Lipinski definition) is 14. The van der Waals surface area contributed by atoms with Crippen LogP contribution in [0, 0.1) is 0 Å². The molecule has 0 amide bonds. The van der Waals surface area contributed by atoms with Crippen LogP contribution in [-0.4, -0.2) is 107 Å². The summed E-state index contributed by atoms with van der Waals surface area (Å²) in [4.78, 5) is 0. The Labute approximate surface area is 107 Å². The maximum atomic E-state index is 9.24. The molecule has 0 bridgehead atoms. The van der Waals surface area contributed by atoms with Gasteiger partial charge in [0.05, 0.1) is 0 Å². The predicted octanol–water partition coefficient (Wildman–Crippen LogP) is -9.20. The fourth-order valence-corrected chi connectivity index (χ4v) is 5.71. The first kappa shape index (κ1) is 18.0. The molecule has 1 aliphatic rings. The first-order valence-electron chi connectivity index (χ1n) is 4.37. The summed E-state index contributed by atoms with van der Waals surface area (Å²) in [5.74, 6) is -15.7. The van der Waals surface area contributed by atoms with E-state index in [1.54, 1.807) is 0 Å². The Bertz CT molecular complexity index is 428. The van der Waals surface area contributed by atoms with Gasteiger partial charge in [0.25, 0.3) is 0 Å². The number of aliphatic hydroxyl groups is 10. The molecule has 1 aliphatic heterocycles. The Morgan fingerprint density at radius 1 is 0.400 bits per heavy atom. The van der Waals surface area contributed by atoms with Crippen LogP contribution in [0.15, 0.2) is 0 Å². The van der Waals surface area contributed by atoms with Gasteiger partial charge in [0.2, 0.25) is 0 Å². The van der Waals surface area contributed by atoms with Crippen molar-refractivity contribution in [2.45, 2.75) is 26.7 Å². The summed E-state index contributed by atoms with van der Waals surface area (Å²) < 4.78 is 25.6. The topological polar surface area (TPSA) is 283 Å². The van der Waals surface area contributed by atoms with Crippen molar-refractivity contribution in [3.63, 3.8) is 0 Å². The van der Waals surface area contributed by atoms with Crippen LogP contribution in [0.4, 0.5) is 0 Å². The van der Waals surface area contributed by atoms with E-state index in [1.165, 1.54) is 0 Å². The molecule has 1 heterocycles. The van der Waals surface area contributed by atoms with Gasteiger partial charge in [0.1, 0.15) is 0 Å². The van der Waals surface area contributed by atoms with Gasteiger partial charge in [-0.1, -0.05) is 0 Å². The molecule has 14 N–H and O–H groups in total. The van der Waals surface area contributed by atoms with Crippen LogP contribution in [0.1, 0.15) is 0 Å². The van der Waals surface area contributed by atoms with Crippen LogP contribution >= 0.6 is 0 Å². The third-order valence-corrected chi connectivity index (χ3v) is 9.85. The maximum absolute atomic E-state index is 10.1. The van der Waals surface area contributed by atoms with Crippen LogP contribution in [0.3, 0.4) is 0 Å². The Kier molecular flexibility index (Phi) is 2.72. The molecule has 15 heteroatoms. The first-order chi connectivity index (χ1) is 8.04. The fraction of sp³-hybridized carbons (Fsp3) is 1.00. The van der Waals surface area contributed by atoms with Crippen molar-refractivity contribution in [2.24, 2.45) is 0 Å². The minimum atomic E-state index is -10.1. The Morgan fingerprint density at radius 2 is 0.600 bits per heavy atom. The summed E-state index contributed by atoms with van der Waals surface area (Å²) in [5.41, 5.74) is 0. The zero-order chi connectivity index (χ0) is 16.9. The van der Waals surface area contributed by atoms with Crippen LogP contribution in [0.25, 0.3) is 0 Å². The minimum absolute atomic E-state index is 5.13. The molecule has 0 aromatic heterocycles. The monoisotopic (exact) mass is 378 g/mol. The van der Waals surface area contributed by atoms with Crippen molar-refractivity contribution >= 4 is 12.1 Å². The average Bonchev–Trinajstić information content (AvgIpc) is 2.12. The second kappa shape index (κ2) is 3.03. The molecular weight excluding hydrogens is 363 g/mol. The predicted molar refractivity (Wildman–Crippen MR) is 50.5 cm³/mol. The van der Waals surface area contributed by atoms with Crippen molar-refractivity contribution in [1.29, 1.82) is 0 Å². The summed E-state index contributed by atoms with van der Waals surface area (Å²) in [6.07, 6.45) is 0. The van der Waals surface area contributed by atoms with E-state index in [9.17, 15) is 16.8 Å². The molecule has 0 aromatic carbocycles. The van der Waals surface area contributed by atoms with E-state index in [4.69, 9.17) is 51.1 Å². The summed E-state index contributed by atoms with van der Waals surface area (Å²) in [7, 11) is 0. The molecule has 1 rings (SSSR count). The van der Waals surface area contributed by atoms with E-state index in [2.05, 4.69) is 0 Å². The SMILES string of the molecule is OC1(O)C(O)(O)C(O)(O)[Se](O)(O)(O)(O)C(O)(O)C1(O)O. The molecule has 0 saturated carbocycles. The van der Waals surface area contributed by atoms with Gasteiger partial charge >= 0.3 is 107 Å². The molecule has 1 saturated heterocycles. The third kappa shape index (κ3) is 1.19. The van der Waals surface area contributed by atoms with Crippen molar-refractivity contribution in [3.8, 4) is 0 Å². The van der Waals surface area contributed by atoms with Crippen molar-refractivity contribution in [2.75, 3.05) is 0 Å². The van der Waals surface area contributed by atoms with Gasteiger partial charge in [0, 0.05) is 0 Å². The van der Waals surface area contributed by atoms with E-state index < -0.39 is 38.8 Å². The third-order valence-electron chi connectivity index (χ3n) is 3.18. The van der Waals surface area contributed by atoms with Gasteiger partial charge in [-0.3, -0.25) is 0 Å². The fourth-order valence-electron chi connectivity index (χ4n) is 1.55. The standard InChI is InChI=1S/C5H14O14Se/c6-1(7)2(8,9)4(12,13)20(16,17,18,19)5(14,15)3(1,10)11/h6-19H. The molecule has 124 valence electrons. The van der Waals surface area contributed by atoms with Gasteiger partial charge < -0.3 is 0 Å². The van der Waals surface area contributed by atoms with Gasteiger partial charge in [-0.2, -0.15) is 0 Å². The van der Waals surface area contributed by atoms with Crippen LogP contribution < -0.4 is 0 Å². The van der Waals surface area contributed by atoms with Gasteiger partial charge in [0.15, 0.2) is 0 Å². The molecule has 0 unspecified atom stereocenters. The molecule has 20 heavy (non-hydrogen) atoms. The van der Waals surface area contributed by atoms with Crippen molar-refractivity contribution < 1.29 is 67.8 Å². The van der Waals surface area contributed by atoms with Gasteiger partial charge in [-0.05, 0) is 0 Å². The van der Waals surface area contributed by atoms with Crippen LogP contribution in [0.5, 0.6) is 0 Å². The number of rotatable bonds is 0. The second-order valence-corrected chi connectivity index (χ2v) is 12.5. The first-order valence-corrected chi connectivity index (χ1v) is 9.15. The molecule has 0 radical (unpaired) electrons. The molecule has 0 spiro atoms.